The highest BCUT2D eigenvalue weighted by atomic mass is 16.1. The van der Waals surface area contributed by atoms with E-state index in [2.05, 4.69) is 49.7 Å². The summed E-state index contributed by atoms with van der Waals surface area (Å²) in [6, 6.07) is 9.01. The van der Waals surface area contributed by atoms with Crippen LogP contribution in [0.2, 0.25) is 0 Å². The van der Waals surface area contributed by atoms with Crippen LogP contribution in [-0.4, -0.2) is 10.4 Å². The first-order chi connectivity index (χ1) is 13.4. The molecule has 0 amide bonds. The van der Waals surface area contributed by atoms with Crippen molar-refractivity contribution in [3.05, 3.63) is 35.5 Å². The van der Waals surface area contributed by atoms with E-state index >= 15 is 0 Å². The molecule has 148 valence electrons. The zero-order valence-corrected chi connectivity index (χ0v) is 17.6. The normalized spacial score (nSPS) is 42.0. The molecule has 1 aromatic heterocycles. The predicted molar refractivity (Wildman–Crippen MR) is 113 cm³/mol. The van der Waals surface area contributed by atoms with Gasteiger partial charge in [0.2, 0.25) is 0 Å². The van der Waals surface area contributed by atoms with Crippen molar-refractivity contribution < 1.29 is 4.79 Å². The molecule has 3 saturated carbocycles. The van der Waals surface area contributed by atoms with Gasteiger partial charge in [0.25, 0.3) is 0 Å². The summed E-state index contributed by atoms with van der Waals surface area (Å²) in [4.78, 5) is 12.7. The van der Waals surface area contributed by atoms with Gasteiger partial charge in [0.15, 0.2) is 0 Å². The van der Waals surface area contributed by atoms with Gasteiger partial charge in [-0.05, 0) is 85.7 Å². The van der Waals surface area contributed by atoms with Crippen molar-refractivity contribution in [3.63, 3.8) is 0 Å². The highest BCUT2D eigenvalue weighted by Crippen LogP contribution is 2.65. The van der Waals surface area contributed by atoms with E-state index in [4.69, 9.17) is 0 Å². The van der Waals surface area contributed by atoms with Crippen LogP contribution < -0.4 is 0 Å². The molecule has 2 aromatic rings. The summed E-state index contributed by atoms with van der Waals surface area (Å²) < 4.78 is 2.48. The topological polar surface area (TPSA) is 22.0 Å². The Labute approximate surface area is 168 Å². The van der Waals surface area contributed by atoms with E-state index in [0.29, 0.717) is 17.1 Å². The summed E-state index contributed by atoms with van der Waals surface area (Å²) in [7, 11) is 2.27. The summed E-state index contributed by atoms with van der Waals surface area (Å²) in [6.07, 6.45) is 9.64. The van der Waals surface area contributed by atoms with Gasteiger partial charge in [-0.1, -0.05) is 32.0 Å². The fraction of sp³-hybridized carbons (Fsp3) is 0.654. The molecule has 6 atom stereocenters. The van der Waals surface area contributed by atoms with Crippen molar-refractivity contribution >= 4 is 16.7 Å². The van der Waals surface area contributed by atoms with Gasteiger partial charge in [-0.3, -0.25) is 4.79 Å². The predicted octanol–water partition coefficient (Wildman–Crippen LogP) is 5.70. The van der Waals surface area contributed by atoms with Crippen molar-refractivity contribution in [1.29, 1.82) is 0 Å². The molecule has 4 aliphatic rings. The number of Topliss-reactive ketones (excluding diaryl/α,β-unsaturated/α-hetero) is 1. The zero-order valence-electron chi connectivity index (χ0n) is 17.6. The molecule has 6 rings (SSSR count). The number of aryl methyl sites for hydroxylation is 1. The Kier molecular flexibility index (Phi) is 3.41. The van der Waals surface area contributed by atoms with Crippen molar-refractivity contribution in [2.24, 2.45) is 41.5 Å². The summed E-state index contributed by atoms with van der Waals surface area (Å²) in [5, 5.41) is 1.48. The number of para-hydroxylation sites is 1. The van der Waals surface area contributed by atoms with Crippen LogP contribution in [0.1, 0.15) is 63.6 Å². The third kappa shape index (κ3) is 1.97. The number of ketones is 1. The first kappa shape index (κ1) is 17.3. The molecule has 28 heavy (non-hydrogen) atoms. The lowest BCUT2D eigenvalue weighted by atomic mass is 9.45. The van der Waals surface area contributed by atoms with E-state index < -0.39 is 0 Å². The summed E-state index contributed by atoms with van der Waals surface area (Å²) in [5.74, 6) is 3.63. The van der Waals surface area contributed by atoms with E-state index in [9.17, 15) is 4.79 Å². The fourth-order valence-electron chi connectivity index (χ4n) is 8.51. The highest BCUT2D eigenvalue weighted by Gasteiger charge is 2.60. The van der Waals surface area contributed by atoms with Gasteiger partial charge in [-0.15, -0.1) is 0 Å². The van der Waals surface area contributed by atoms with Gasteiger partial charge in [0.1, 0.15) is 5.78 Å². The maximum Gasteiger partial charge on any atom is 0.139 e. The Morgan fingerprint density at radius 2 is 1.86 bits per heavy atom. The molecule has 1 heterocycles. The Morgan fingerprint density at radius 1 is 1.04 bits per heavy atom. The monoisotopic (exact) mass is 375 g/mol. The molecule has 0 aliphatic heterocycles. The van der Waals surface area contributed by atoms with E-state index in [0.717, 1.165) is 37.0 Å². The SMILES string of the molecule is Cn1c2c(c3ccccc31)C[C@]1(C)[C@H](CC[C@H]3[C@@H]1CC[C@]1(C)C(=O)CC[C@@H]31)C2. The number of nitrogens with zero attached hydrogens (tertiary/aromatic N) is 1. The number of aromatic nitrogens is 1. The van der Waals surface area contributed by atoms with Gasteiger partial charge >= 0.3 is 0 Å². The molecular formula is C26H33NO. The summed E-state index contributed by atoms with van der Waals surface area (Å²) in [5.41, 5.74) is 5.05. The maximum absolute atomic E-state index is 12.7. The second-order valence-electron chi connectivity index (χ2n) is 11.0. The van der Waals surface area contributed by atoms with Crippen molar-refractivity contribution in [2.45, 2.75) is 65.2 Å². The lowest BCUT2D eigenvalue weighted by Gasteiger charge is -2.59. The molecule has 0 spiro atoms. The Bertz CT molecular complexity index is 986. The maximum atomic E-state index is 12.7. The number of carbonyl (C=O) groups excluding carboxylic acids is 1. The Balaban J connectivity index is 1.43. The number of hydrogen-bond donors (Lipinski definition) is 0. The quantitative estimate of drug-likeness (QED) is 0.578. The zero-order chi connectivity index (χ0) is 19.3. The molecule has 0 saturated heterocycles. The molecule has 3 fully saturated rings. The minimum Gasteiger partial charge on any atom is -0.347 e. The smallest absolute Gasteiger partial charge is 0.139 e. The first-order valence-electron chi connectivity index (χ1n) is 11.5. The third-order valence-electron chi connectivity index (χ3n) is 10.1. The number of fused-ring (bicyclic) bond motifs is 8. The average molecular weight is 376 g/mol. The standard InChI is InChI=1S/C26H33NO/c1-25-13-12-21-18(20(25)10-11-24(25)28)9-8-16-14-23-19(15-26(16,21)2)17-6-4-5-7-22(17)27(23)3/h4-7,16,18,20-21H,8-15H2,1-3H3/t16-,18-,20+,21+,25+,26-/m1/s1. The molecule has 2 heteroatoms. The number of carbonyl (C=O) groups is 1. The van der Waals surface area contributed by atoms with E-state index in [1.807, 2.05) is 0 Å². The Hall–Kier alpha value is -1.57. The van der Waals surface area contributed by atoms with E-state index in [1.165, 1.54) is 43.0 Å². The molecule has 1 aromatic carbocycles. The molecule has 0 radical (unpaired) electrons. The minimum atomic E-state index is 0.00361. The molecule has 0 unspecified atom stereocenters. The van der Waals surface area contributed by atoms with E-state index in [1.54, 1.807) is 11.3 Å². The van der Waals surface area contributed by atoms with Crippen LogP contribution >= 0.6 is 0 Å². The molecule has 2 nitrogen and oxygen atoms in total. The van der Waals surface area contributed by atoms with Gasteiger partial charge in [-0.25, -0.2) is 0 Å². The summed E-state index contributed by atoms with van der Waals surface area (Å²) >= 11 is 0. The molecule has 0 bridgehead atoms. The van der Waals surface area contributed by atoms with Gasteiger partial charge < -0.3 is 4.57 Å². The highest BCUT2D eigenvalue weighted by molar-refractivity contribution is 5.87. The van der Waals surface area contributed by atoms with Gasteiger partial charge in [-0.2, -0.15) is 0 Å². The molecular weight excluding hydrogens is 342 g/mol. The largest absolute Gasteiger partial charge is 0.347 e. The van der Waals surface area contributed by atoms with Crippen molar-refractivity contribution in [3.8, 4) is 0 Å². The van der Waals surface area contributed by atoms with Crippen LogP contribution in [0, 0.1) is 34.5 Å². The van der Waals surface area contributed by atoms with Crippen LogP contribution in [0.25, 0.3) is 10.9 Å². The van der Waals surface area contributed by atoms with Crippen molar-refractivity contribution in [1.82, 2.24) is 4.57 Å². The van der Waals surface area contributed by atoms with Crippen LogP contribution in [0.15, 0.2) is 24.3 Å². The number of benzene rings is 1. The minimum absolute atomic E-state index is 0.00361. The van der Waals surface area contributed by atoms with Crippen LogP contribution in [0.3, 0.4) is 0 Å². The Morgan fingerprint density at radius 3 is 2.71 bits per heavy atom. The second kappa shape index (κ2) is 5.52. The lowest BCUT2D eigenvalue weighted by molar-refractivity contribution is -0.136. The van der Waals surface area contributed by atoms with E-state index in [-0.39, 0.29) is 5.41 Å². The van der Waals surface area contributed by atoms with Crippen LogP contribution in [-0.2, 0) is 24.7 Å². The third-order valence-corrected chi connectivity index (χ3v) is 10.1. The van der Waals surface area contributed by atoms with Crippen LogP contribution in [0.4, 0.5) is 0 Å². The number of hydrogen-bond acceptors (Lipinski definition) is 1. The fourth-order valence-corrected chi connectivity index (χ4v) is 8.51. The average Bonchev–Trinajstić information content (AvgIpc) is 3.14. The molecule has 4 aliphatic carbocycles. The van der Waals surface area contributed by atoms with Gasteiger partial charge in [0.05, 0.1) is 0 Å². The number of rotatable bonds is 0. The van der Waals surface area contributed by atoms with Crippen LogP contribution in [0.5, 0.6) is 0 Å². The first-order valence-corrected chi connectivity index (χ1v) is 11.5. The van der Waals surface area contributed by atoms with Gasteiger partial charge in [0, 0.05) is 35.5 Å². The molecule has 0 N–H and O–H groups in total. The summed E-state index contributed by atoms with van der Waals surface area (Å²) in [6.45, 7) is 4.93. The lowest BCUT2D eigenvalue weighted by Crippen LogP contribution is -2.54. The van der Waals surface area contributed by atoms with Crippen molar-refractivity contribution in [2.75, 3.05) is 0 Å². The second-order valence-corrected chi connectivity index (χ2v) is 11.0.